The Bertz CT molecular complexity index is 1380. The van der Waals surface area contributed by atoms with E-state index in [0.717, 1.165) is 34.2 Å². The summed E-state index contributed by atoms with van der Waals surface area (Å²) in [6.07, 6.45) is 6.25. The topological polar surface area (TPSA) is 71.0 Å². The Labute approximate surface area is 184 Å². The molecule has 0 amide bonds. The van der Waals surface area contributed by atoms with Crippen molar-refractivity contribution in [2.24, 2.45) is 5.92 Å². The van der Waals surface area contributed by atoms with E-state index in [1.54, 1.807) is 13.1 Å². The monoisotopic (exact) mass is 456 g/mol. The predicted molar refractivity (Wildman–Crippen MR) is 117 cm³/mol. The molecule has 2 unspecified atom stereocenters. The van der Waals surface area contributed by atoms with Gasteiger partial charge in [-0.1, -0.05) is 12.1 Å². The van der Waals surface area contributed by atoms with Crippen LogP contribution < -0.4 is 0 Å². The molecule has 1 aliphatic rings. The number of hydrogen-bond donors (Lipinski definition) is 1. The van der Waals surface area contributed by atoms with Crippen LogP contribution in [-0.4, -0.2) is 40.1 Å². The highest BCUT2D eigenvalue weighted by Crippen LogP contribution is 2.33. The molecule has 0 radical (unpaired) electrons. The van der Waals surface area contributed by atoms with Gasteiger partial charge in [-0.2, -0.15) is 9.40 Å². The lowest BCUT2D eigenvalue weighted by Crippen LogP contribution is -2.34. The second-order valence-corrected chi connectivity index (χ2v) is 10.2. The molecule has 1 fully saturated rings. The zero-order valence-corrected chi connectivity index (χ0v) is 18.2. The second-order valence-electron chi connectivity index (χ2n) is 8.31. The summed E-state index contributed by atoms with van der Waals surface area (Å²) >= 11 is 0. The van der Waals surface area contributed by atoms with Gasteiger partial charge in [-0.05, 0) is 55.2 Å². The summed E-state index contributed by atoms with van der Waals surface area (Å²) in [5.41, 5.74) is 3.13. The minimum Gasteiger partial charge on any atom is -0.347 e. The van der Waals surface area contributed by atoms with Crippen molar-refractivity contribution in [3.8, 4) is 11.1 Å². The molecule has 2 aromatic heterocycles. The first-order valence-electron chi connectivity index (χ1n) is 10.4. The number of nitrogens with zero attached hydrogens (tertiary/aromatic N) is 3. The van der Waals surface area contributed by atoms with Gasteiger partial charge in [0.15, 0.2) is 11.6 Å². The van der Waals surface area contributed by atoms with Crippen LogP contribution in [0.4, 0.5) is 8.78 Å². The lowest BCUT2D eigenvalue weighted by molar-refractivity contribution is 0.393. The third-order valence-corrected chi connectivity index (χ3v) is 8.16. The van der Waals surface area contributed by atoms with Crippen LogP contribution in [0.3, 0.4) is 0 Å². The molecule has 32 heavy (non-hydrogen) atoms. The Kier molecular flexibility index (Phi) is 5.10. The second kappa shape index (κ2) is 7.83. The Morgan fingerprint density at radius 1 is 1.16 bits per heavy atom. The van der Waals surface area contributed by atoms with E-state index >= 15 is 0 Å². The van der Waals surface area contributed by atoms with E-state index in [1.165, 1.54) is 10.4 Å². The van der Waals surface area contributed by atoms with Gasteiger partial charge < -0.3 is 4.57 Å². The highest BCUT2D eigenvalue weighted by Gasteiger charge is 2.39. The van der Waals surface area contributed by atoms with Crippen molar-refractivity contribution in [1.82, 2.24) is 19.1 Å². The maximum atomic E-state index is 14.2. The summed E-state index contributed by atoms with van der Waals surface area (Å²) < 4.78 is 57.3. The highest BCUT2D eigenvalue weighted by atomic mass is 32.2. The van der Waals surface area contributed by atoms with Crippen LogP contribution >= 0.6 is 0 Å². The van der Waals surface area contributed by atoms with E-state index in [-0.39, 0.29) is 18.5 Å². The fraction of sp³-hybridized carbons (Fsp3) is 0.261. The van der Waals surface area contributed by atoms with Gasteiger partial charge in [-0.15, -0.1) is 0 Å². The van der Waals surface area contributed by atoms with Crippen molar-refractivity contribution in [3.05, 3.63) is 72.7 Å². The van der Waals surface area contributed by atoms with E-state index in [4.69, 9.17) is 0 Å². The molecule has 0 spiro atoms. The Morgan fingerprint density at radius 3 is 2.78 bits per heavy atom. The van der Waals surface area contributed by atoms with Crippen molar-refractivity contribution in [1.29, 1.82) is 0 Å². The fourth-order valence-electron chi connectivity index (χ4n) is 4.61. The van der Waals surface area contributed by atoms with Crippen LogP contribution in [0.25, 0.3) is 22.0 Å². The number of rotatable bonds is 5. The van der Waals surface area contributed by atoms with Gasteiger partial charge in [-0.25, -0.2) is 17.2 Å². The predicted octanol–water partition coefficient (Wildman–Crippen LogP) is 4.41. The largest absolute Gasteiger partial charge is 0.347 e. The number of aromatic nitrogens is 3. The summed E-state index contributed by atoms with van der Waals surface area (Å²) in [4.78, 5) is -0.608. The summed E-state index contributed by atoms with van der Waals surface area (Å²) in [5, 5.41) is 7.89. The van der Waals surface area contributed by atoms with Crippen LogP contribution in [0.5, 0.6) is 0 Å². The van der Waals surface area contributed by atoms with Gasteiger partial charge in [-0.3, -0.25) is 5.10 Å². The molecule has 2 aromatic carbocycles. The molecule has 0 aliphatic carbocycles. The highest BCUT2D eigenvalue weighted by molar-refractivity contribution is 7.89. The number of fused-ring (bicyclic) bond motifs is 1. The zero-order valence-electron chi connectivity index (χ0n) is 17.4. The van der Waals surface area contributed by atoms with E-state index in [9.17, 15) is 17.2 Å². The van der Waals surface area contributed by atoms with Crippen molar-refractivity contribution in [2.45, 2.75) is 30.8 Å². The average Bonchev–Trinajstić information content (AvgIpc) is 3.50. The number of hydrogen-bond acceptors (Lipinski definition) is 3. The van der Waals surface area contributed by atoms with E-state index in [1.807, 2.05) is 30.6 Å². The smallest absolute Gasteiger partial charge is 0.246 e. The molecular weight excluding hydrogens is 434 g/mol. The number of halogens is 2. The van der Waals surface area contributed by atoms with E-state index in [0.29, 0.717) is 13.0 Å². The lowest BCUT2D eigenvalue weighted by atomic mass is 10.1. The van der Waals surface area contributed by atoms with Gasteiger partial charge in [0.2, 0.25) is 10.0 Å². The first-order valence-corrected chi connectivity index (χ1v) is 11.8. The van der Waals surface area contributed by atoms with Crippen LogP contribution in [-0.2, 0) is 16.6 Å². The molecule has 3 heterocycles. The van der Waals surface area contributed by atoms with Crippen molar-refractivity contribution in [3.63, 3.8) is 0 Å². The van der Waals surface area contributed by atoms with Gasteiger partial charge in [0.05, 0.1) is 6.20 Å². The average molecular weight is 457 g/mol. The first kappa shape index (κ1) is 20.8. The van der Waals surface area contributed by atoms with Gasteiger partial charge in [0.1, 0.15) is 4.90 Å². The molecule has 4 aromatic rings. The molecule has 5 rings (SSSR count). The molecule has 0 bridgehead atoms. The number of sulfonamides is 1. The molecule has 9 heteroatoms. The fourth-order valence-corrected chi connectivity index (χ4v) is 6.41. The number of nitrogens with one attached hydrogen (secondary N) is 1. The molecule has 6 nitrogen and oxygen atoms in total. The third-order valence-electron chi connectivity index (χ3n) is 6.16. The van der Waals surface area contributed by atoms with Gasteiger partial charge in [0.25, 0.3) is 0 Å². The number of aromatic amines is 1. The minimum absolute atomic E-state index is 0.0561. The quantitative estimate of drug-likeness (QED) is 0.484. The van der Waals surface area contributed by atoms with Gasteiger partial charge >= 0.3 is 0 Å². The third kappa shape index (κ3) is 3.51. The molecule has 2 atom stereocenters. The maximum Gasteiger partial charge on any atom is 0.246 e. The van der Waals surface area contributed by atoms with E-state index in [2.05, 4.69) is 20.8 Å². The number of H-pyrrole nitrogens is 1. The molecule has 166 valence electrons. The lowest BCUT2D eigenvalue weighted by Gasteiger charge is -2.21. The summed E-state index contributed by atoms with van der Waals surface area (Å²) in [6.45, 7) is 2.70. The standard InChI is InChI=1S/C23H22F2N4O2S/c1-15-9-16(14-29(15)32(30,31)22-4-2-3-20(24)23(22)25)13-28-8-7-18-10-17(5-6-21(18)28)19-11-26-27-12-19/h2-8,10-12,15-16H,9,13-14H2,1H3,(H,26,27). The summed E-state index contributed by atoms with van der Waals surface area (Å²) in [6, 6.07) is 11.2. The van der Waals surface area contributed by atoms with Crippen LogP contribution in [0.2, 0.25) is 0 Å². The maximum absolute atomic E-state index is 14.2. The Morgan fingerprint density at radius 2 is 2.00 bits per heavy atom. The summed E-state index contributed by atoms with van der Waals surface area (Å²) in [7, 11) is -4.13. The normalized spacial score (nSPS) is 19.7. The molecule has 1 N–H and O–H groups in total. The first-order chi connectivity index (χ1) is 15.3. The number of benzene rings is 2. The van der Waals surface area contributed by atoms with Crippen LogP contribution in [0.15, 0.2) is 66.0 Å². The zero-order chi connectivity index (χ0) is 22.5. The van der Waals surface area contributed by atoms with Crippen molar-refractivity contribution >= 4 is 20.9 Å². The molecular formula is C23H22F2N4O2S. The SMILES string of the molecule is CC1CC(Cn2ccc3cc(-c4cn[nH]c4)ccc32)CN1S(=O)(=O)c1cccc(F)c1F. The molecule has 0 saturated carbocycles. The molecule has 1 saturated heterocycles. The van der Waals surface area contributed by atoms with E-state index < -0.39 is 26.6 Å². The van der Waals surface area contributed by atoms with Crippen molar-refractivity contribution < 1.29 is 17.2 Å². The Hall–Kier alpha value is -3.04. The van der Waals surface area contributed by atoms with Gasteiger partial charge in [0, 0.05) is 48.0 Å². The van der Waals surface area contributed by atoms with Crippen LogP contribution in [0, 0.1) is 17.6 Å². The van der Waals surface area contributed by atoms with Crippen molar-refractivity contribution in [2.75, 3.05) is 6.54 Å². The summed E-state index contributed by atoms with van der Waals surface area (Å²) in [5.74, 6) is -2.43. The van der Waals surface area contributed by atoms with Crippen LogP contribution in [0.1, 0.15) is 13.3 Å². The minimum atomic E-state index is -4.13. The molecule has 1 aliphatic heterocycles. The Balaban J connectivity index is 1.37.